The standard InChI is InChI=1S/C20H16Br2ClFN2O/c1-11(9-17(27)26-16-3-2-8-25-20(16)23)4-6-13-18(19(13)24)12-5-7-14(21)15(22)10-12/h2-10,13,18-19H,1H3,(H,26,27)/b6-4+,11-9+. The van der Waals surface area contributed by atoms with E-state index in [1.165, 1.54) is 6.08 Å². The summed E-state index contributed by atoms with van der Waals surface area (Å²) < 4.78 is 16.0. The van der Waals surface area contributed by atoms with E-state index in [9.17, 15) is 9.18 Å². The van der Waals surface area contributed by atoms with Crippen LogP contribution in [0.4, 0.5) is 10.1 Å². The second kappa shape index (κ2) is 8.67. The van der Waals surface area contributed by atoms with E-state index in [1.54, 1.807) is 31.3 Å². The van der Waals surface area contributed by atoms with Crippen molar-refractivity contribution in [3.05, 3.63) is 80.0 Å². The fourth-order valence-electron chi connectivity index (χ4n) is 2.81. The molecule has 1 N–H and O–H groups in total. The first kappa shape index (κ1) is 20.2. The van der Waals surface area contributed by atoms with Gasteiger partial charge in [-0.15, -0.1) is 0 Å². The first-order valence-corrected chi connectivity index (χ1v) is 10.2. The third-order valence-electron chi connectivity index (χ3n) is 4.27. The average molecular weight is 515 g/mol. The van der Waals surface area contributed by atoms with E-state index in [0.29, 0.717) is 5.69 Å². The van der Waals surface area contributed by atoms with Crippen LogP contribution in [0.25, 0.3) is 0 Å². The highest BCUT2D eigenvalue weighted by atomic mass is 79.9. The van der Waals surface area contributed by atoms with E-state index in [0.717, 1.165) is 20.1 Å². The molecule has 27 heavy (non-hydrogen) atoms. The molecule has 3 nitrogen and oxygen atoms in total. The van der Waals surface area contributed by atoms with Crippen molar-refractivity contribution in [3.63, 3.8) is 0 Å². The van der Waals surface area contributed by atoms with Crippen LogP contribution >= 0.6 is 43.5 Å². The molecule has 3 rings (SSSR count). The van der Waals surface area contributed by atoms with E-state index >= 15 is 0 Å². The van der Waals surface area contributed by atoms with Crippen molar-refractivity contribution in [3.8, 4) is 0 Å². The van der Waals surface area contributed by atoms with Gasteiger partial charge < -0.3 is 5.32 Å². The Hall–Kier alpha value is -1.50. The molecule has 0 bridgehead atoms. The number of carbonyl (C=O) groups excluding carboxylic acids is 1. The number of amides is 1. The van der Waals surface area contributed by atoms with Gasteiger partial charge in [-0.2, -0.15) is 0 Å². The lowest BCUT2D eigenvalue weighted by Crippen LogP contribution is -2.09. The second-order valence-corrected chi connectivity index (χ2v) is 8.37. The van der Waals surface area contributed by atoms with Crippen LogP contribution in [0.1, 0.15) is 18.4 Å². The number of aromatic nitrogens is 1. The summed E-state index contributed by atoms with van der Waals surface area (Å²) in [6.45, 7) is 1.79. The van der Waals surface area contributed by atoms with Gasteiger partial charge in [-0.05, 0) is 74.2 Å². The molecule has 0 radical (unpaired) electrons. The number of nitrogens with one attached hydrogen (secondary N) is 1. The van der Waals surface area contributed by atoms with Crippen LogP contribution in [0, 0.1) is 5.92 Å². The first-order valence-electron chi connectivity index (χ1n) is 8.24. The Morgan fingerprint density at radius 3 is 2.78 bits per heavy atom. The third kappa shape index (κ3) is 5.06. The van der Waals surface area contributed by atoms with Crippen LogP contribution in [-0.2, 0) is 4.79 Å². The predicted molar refractivity (Wildman–Crippen MR) is 114 cm³/mol. The maximum atomic E-state index is 14.2. The van der Waals surface area contributed by atoms with Crippen LogP contribution in [0.15, 0.2) is 69.3 Å². The maximum Gasteiger partial charge on any atom is 0.248 e. The smallest absolute Gasteiger partial charge is 0.248 e. The number of hydrogen-bond acceptors (Lipinski definition) is 2. The van der Waals surface area contributed by atoms with Gasteiger partial charge in [0.2, 0.25) is 5.91 Å². The predicted octanol–water partition coefficient (Wildman–Crippen LogP) is 6.45. The third-order valence-corrected chi connectivity index (χ3v) is 6.45. The van der Waals surface area contributed by atoms with E-state index in [-0.39, 0.29) is 22.9 Å². The van der Waals surface area contributed by atoms with E-state index < -0.39 is 6.17 Å². The highest BCUT2D eigenvalue weighted by Crippen LogP contribution is 2.52. The van der Waals surface area contributed by atoms with Crippen LogP contribution < -0.4 is 5.32 Å². The lowest BCUT2D eigenvalue weighted by atomic mass is 10.1. The van der Waals surface area contributed by atoms with Gasteiger partial charge in [-0.1, -0.05) is 29.8 Å². The van der Waals surface area contributed by atoms with Gasteiger partial charge in [-0.25, -0.2) is 9.37 Å². The van der Waals surface area contributed by atoms with Crippen LogP contribution in [-0.4, -0.2) is 17.1 Å². The first-order chi connectivity index (χ1) is 12.9. The van der Waals surface area contributed by atoms with Gasteiger partial charge in [0.15, 0.2) is 5.15 Å². The summed E-state index contributed by atoms with van der Waals surface area (Å²) in [5.41, 5.74) is 2.13. The Morgan fingerprint density at radius 1 is 1.30 bits per heavy atom. The molecule has 140 valence electrons. The number of benzene rings is 1. The number of alkyl halides is 1. The fraction of sp³-hybridized carbons (Fsp3) is 0.200. The number of allylic oxidation sites excluding steroid dienone is 3. The number of carbonyl (C=O) groups is 1. The molecule has 2 aromatic rings. The number of hydrogen-bond donors (Lipinski definition) is 1. The van der Waals surface area contributed by atoms with E-state index in [4.69, 9.17) is 11.6 Å². The summed E-state index contributed by atoms with van der Waals surface area (Å²) in [5, 5.41) is 2.90. The fourth-order valence-corrected chi connectivity index (χ4v) is 3.62. The molecule has 3 atom stereocenters. The summed E-state index contributed by atoms with van der Waals surface area (Å²) in [5.74, 6) is -0.647. The summed E-state index contributed by atoms with van der Waals surface area (Å²) in [4.78, 5) is 16.0. The van der Waals surface area contributed by atoms with E-state index in [1.807, 2.05) is 24.3 Å². The van der Waals surface area contributed by atoms with Gasteiger partial charge in [0.25, 0.3) is 0 Å². The zero-order valence-corrected chi connectivity index (χ0v) is 18.2. The lowest BCUT2D eigenvalue weighted by molar-refractivity contribution is -0.111. The molecule has 1 aliphatic carbocycles. The van der Waals surface area contributed by atoms with Gasteiger partial charge in [-0.3, -0.25) is 4.79 Å². The minimum atomic E-state index is -0.912. The molecule has 1 saturated carbocycles. The molecule has 1 aromatic heterocycles. The lowest BCUT2D eigenvalue weighted by Gasteiger charge is -2.03. The Morgan fingerprint density at radius 2 is 2.07 bits per heavy atom. The highest BCUT2D eigenvalue weighted by molar-refractivity contribution is 9.13. The van der Waals surface area contributed by atoms with Gasteiger partial charge >= 0.3 is 0 Å². The molecule has 1 aliphatic rings. The van der Waals surface area contributed by atoms with Crippen LogP contribution in [0.3, 0.4) is 0 Å². The minimum absolute atomic E-state index is 0.151. The SMILES string of the molecule is CC(/C=C/C1C(F)C1c1ccc(Br)c(Br)c1)=C\C(=O)Nc1cccnc1Cl. The van der Waals surface area contributed by atoms with E-state index in [2.05, 4.69) is 42.2 Å². The Kier molecular flexibility index (Phi) is 6.50. The molecule has 1 amide bonds. The number of rotatable bonds is 5. The van der Waals surface area contributed by atoms with Gasteiger partial charge in [0.05, 0.1) is 5.69 Å². The molecular weight excluding hydrogens is 498 g/mol. The van der Waals surface area contributed by atoms with Crippen molar-refractivity contribution in [2.45, 2.75) is 19.0 Å². The molecule has 0 aliphatic heterocycles. The molecule has 0 saturated heterocycles. The van der Waals surface area contributed by atoms with Crippen molar-refractivity contribution >= 4 is 55.1 Å². The molecular formula is C20H16Br2ClFN2O. The Balaban J connectivity index is 1.62. The second-order valence-electron chi connectivity index (χ2n) is 6.30. The summed E-state index contributed by atoms with van der Waals surface area (Å²) in [7, 11) is 0. The van der Waals surface area contributed by atoms with Crippen molar-refractivity contribution in [2.75, 3.05) is 5.32 Å². The number of pyridine rings is 1. The number of anilines is 1. The molecule has 3 unspecified atom stereocenters. The quantitative estimate of drug-likeness (QED) is 0.283. The zero-order chi connectivity index (χ0) is 19.6. The van der Waals surface area contributed by atoms with Crippen LogP contribution in [0.5, 0.6) is 0 Å². The van der Waals surface area contributed by atoms with Crippen molar-refractivity contribution in [1.82, 2.24) is 4.98 Å². The number of halogens is 4. The maximum absolute atomic E-state index is 14.2. The minimum Gasteiger partial charge on any atom is -0.320 e. The van der Waals surface area contributed by atoms with Crippen molar-refractivity contribution in [1.29, 1.82) is 0 Å². The highest BCUT2D eigenvalue weighted by Gasteiger charge is 2.50. The molecule has 7 heteroatoms. The average Bonchev–Trinajstić information content (AvgIpc) is 3.27. The summed E-state index contributed by atoms with van der Waals surface area (Å²) in [6, 6.07) is 9.12. The monoisotopic (exact) mass is 512 g/mol. The Labute approximate surface area is 179 Å². The zero-order valence-electron chi connectivity index (χ0n) is 14.3. The van der Waals surface area contributed by atoms with Crippen molar-refractivity contribution in [2.24, 2.45) is 5.92 Å². The molecule has 1 heterocycles. The summed E-state index contributed by atoms with van der Waals surface area (Å²) >= 11 is 12.8. The molecule has 1 aromatic carbocycles. The normalized spacial score (nSPS) is 22.1. The molecule has 1 fully saturated rings. The Bertz CT molecular complexity index is 932. The van der Waals surface area contributed by atoms with Crippen molar-refractivity contribution < 1.29 is 9.18 Å². The molecule has 0 spiro atoms. The van der Waals surface area contributed by atoms with Crippen LogP contribution in [0.2, 0.25) is 5.15 Å². The largest absolute Gasteiger partial charge is 0.320 e. The van der Waals surface area contributed by atoms with Gasteiger partial charge in [0, 0.05) is 33.1 Å². The topological polar surface area (TPSA) is 42.0 Å². The number of nitrogens with zero attached hydrogens (tertiary/aromatic N) is 1. The summed E-state index contributed by atoms with van der Waals surface area (Å²) in [6.07, 6.45) is 5.67. The van der Waals surface area contributed by atoms with Gasteiger partial charge in [0.1, 0.15) is 6.17 Å².